The minimum Gasteiger partial charge on any atom is -0.378 e. The predicted octanol–water partition coefficient (Wildman–Crippen LogP) is 4.87. The molecule has 3 aliphatic rings. The number of carbonyl (C=O) groups is 1. The molecule has 2 amide bonds. The van der Waals surface area contributed by atoms with E-state index in [1.807, 2.05) is 11.0 Å². The number of nitrogens with one attached hydrogen (secondary N) is 1. The topological polar surface area (TPSA) is 81.5 Å². The van der Waals surface area contributed by atoms with E-state index < -0.39 is 0 Å². The van der Waals surface area contributed by atoms with Crippen molar-refractivity contribution in [2.45, 2.75) is 38.8 Å². The maximum atomic E-state index is 12.7. The zero-order valence-corrected chi connectivity index (χ0v) is 20.4. The Labute approximate surface area is 207 Å². The average molecular weight is 469 g/mol. The molecule has 8 heteroatoms. The number of likely N-dealkylation sites (tertiary alicyclic amines) is 1. The third-order valence-corrected chi connectivity index (χ3v) is 7.22. The lowest BCUT2D eigenvalue weighted by Crippen LogP contribution is -2.36. The minimum atomic E-state index is -0.0309. The van der Waals surface area contributed by atoms with E-state index >= 15 is 0 Å². The first-order valence-corrected chi connectivity index (χ1v) is 12.7. The first-order chi connectivity index (χ1) is 17.1. The molecule has 0 bridgehead atoms. The molecule has 0 radical (unpaired) electrons. The molecule has 0 saturated carbocycles. The molecule has 0 unspecified atom stereocenters. The number of nitriles is 1. The van der Waals surface area contributed by atoms with E-state index in [9.17, 15) is 10.1 Å². The van der Waals surface area contributed by atoms with Crippen LogP contribution in [-0.4, -0.2) is 62.0 Å². The van der Waals surface area contributed by atoms with Crippen LogP contribution in [0.3, 0.4) is 0 Å². The number of aromatic nitrogens is 1. The number of carbonyl (C=O) groups excluding carboxylic acids is 1. The van der Waals surface area contributed by atoms with Crippen molar-refractivity contribution in [3.05, 3.63) is 47.7 Å². The van der Waals surface area contributed by atoms with Crippen LogP contribution < -0.4 is 10.2 Å². The Morgan fingerprint density at radius 3 is 2.71 bits per heavy atom. The summed E-state index contributed by atoms with van der Waals surface area (Å²) in [6.45, 7) is 6.77. The zero-order valence-electron chi connectivity index (χ0n) is 20.4. The molecule has 0 spiro atoms. The van der Waals surface area contributed by atoms with Crippen LogP contribution in [-0.2, 0) is 4.74 Å². The van der Waals surface area contributed by atoms with E-state index in [4.69, 9.17) is 9.72 Å². The Morgan fingerprint density at radius 1 is 1.14 bits per heavy atom. The predicted molar refractivity (Wildman–Crippen MR) is 141 cm³/mol. The summed E-state index contributed by atoms with van der Waals surface area (Å²) in [4.78, 5) is 21.9. The van der Waals surface area contributed by atoms with Gasteiger partial charge < -0.3 is 19.9 Å². The number of ether oxygens (including phenoxy) is 1. The first-order valence-electron chi connectivity index (χ1n) is 12.7. The molecule has 2 fully saturated rings. The van der Waals surface area contributed by atoms with Crippen molar-refractivity contribution in [3.8, 4) is 17.1 Å². The van der Waals surface area contributed by atoms with Gasteiger partial charge in [-0.05, 0) is 79.0 Å². The first kappa shape index (κ1) is 23.4. The van der Waals surface area contributed by atoms with Gasteiger partial charge >= 0.3 is 6.03 Å². The van der Waals surface area contributed by atoms with E-state index in [0.29, 0.717) is 13.2 Å². The second-order valence-corrected chi connectivity index (χ2v) is 9.69. The van der Waals surface area contributed by atoms with E-state index in [1.54, 1.807) is 0 Å². The largest absolute Gasteiger partial charge is 0.378 e. The molecule has 7 nitrogen and oxygen atoms in total. The molecule has 2 aromatic rings. The van der Waals surface area contributed by atoms with Crippen LogP contribution in [0.5, 0.6) is 0 Å². The van der Waals surface area contributed by atoms with Crippen molar-refractivity contribution in [3.63, 3.8) is 0 Å². The number of urea groups is 1. The summed E-state index contributed by atoms with van der Waals surface area (Å²) in [5, 5.41) is 12.6. The van der Waals surface area contributed by atoms with Crippen LogP contribution in [0.25, 0.3) is 16.7 Å². The monoisotopic (exact) mass is 469 g/mol. The number of hydrogen-bond donors (Lipinski definition) is 1. The van der Waals surface area contributed by atoms with Crippen molar-refractivity contribution < 1.29 is 9.53 Å². The highest BCUT2D eigenvalue weighted by molar-refractivity contribution is 6.69. The molecule has 180 valence electrons. The van der Waals surface area contributed by atoms with Gasteiger partial charge in [-0.25, -0.2) is 15.0 Å². The van der Waals surface area contributed by atoms with Crippen molar-refractivity contribution in [1.82, 2.24) is 9.88 Å². The minimum absolute atomic E-state index is 0.0309. The molecule has 0 aliphatic carbocycles. The second-order valence-electron chi connectivity index (χ2n) is 9.69. The van der Waals surface area contributed by atoms with Crippen LogP contribution in [0.15, 0.2) is 36.4 Å². The van der Waals surface area contributed by atoms with Gasteiger partial charge in [0.25, 0.3) is 6.71 Å². The van der Waals surface area contributed by atoms with Gasteiger partial charge in [-0.1, -0.05) is 18.5 Å². The molecule has 2 saturated heterocycles. The molecule has 35 heavy (non-hydrogen) atoms. The Kier molecular flexibility index (Phi) is 7.05. The van der Waals surface area contributed by atoms with E-state index in [0.717, 1.165) is 97.5 Å². The van der Waals surface area contributed by atoms with Crippen molar-refractivity contribution in [1.29, 1.82) is 5.26 Å². The number of allylic oxidation sites excluding steroid dienone is 2. The molecule has 5 rings (SSSR count). The van der Waals surface area contributed by atoms with Gasteiger partial charge in [-0.15, -0.1) is 0 Å². The van der Waals surface area contributed by atoms with Gasteiger partial charge in [-0.3, -0.25) is 0 Å². The summed E-state index contributed by atoms with van der Waals surface area (Å²) < 4.78 is 5.56. The van der Waals surface area contributed by atoms with Gasteiger partial charge in [0.2, 0.25) is 0 Å². The van der Waals surface area contributed by atoms with E-state index in [2.05, 4.69) is 53.5 Å². The molecule has 3 aliphatic heterocycles. The van der Waals surface area contributed by atoms with Crippen LogP contribution >= 0.6 is 0 Å². The Hall–Kier alpha value is -3.31. The average Bonchev–Trinajstić information content (AvgIpc) is 3.45. The number of hydrogen-bond acceptors (Lipinski definition) is 5. The number of anilines is 2. The fraction of sp³-hybridized carbons (Fsp3) is 0.444. The van der Waals surface area contributed by atoms with Crippen molar-refractivity contribution in [2.24, 2.45) is 0 Å². The van der Waals surface area contributed by atoms with Crippen molar-refractivity contribution >= 4 is 29.8 Å². The number of morpholine rings is 1. The van der Waals surface area contributed by atoms with Crippen molar-refractivity contribution in [2.75, 3.05) is 49.6 Å². The van der Waals surface area contributed by atoms with E-state index in [1.165, 1.54) is 0 Å². The van der Waals surface area contributed by atoms with E-state index in [-0.39, 0.29) is 12.7 Å². The molecular formula is C27H32BN5O2. The number of pyridine rings is 1. The second kappa shape index (κ2) is 10.5. The van der Waals surface area contributed by atoms with Crippen LogP contribution in [0.1, 0.15) is 30.5 Å². The molecule has 1 N–H and O–H groups in total. The normalized spacial score (nSPS) is 18.3. The summed E-state index contributed by atoms with van der Waals surface area (Å²) in [7, 11) is 0. The maximum Gasteiger partial charge on any atom is 0.321 e. The van der Waals surface area contributed by atoms with Gasteiger partial charge in [0.15, 0.2) is 0 Å². The zero-order chi connectivity index (χ0) is 24.2. The number of rotatable bonds is 4. The summed E-state index contributed by atoms with van der Waals surface area (Å²) in [6.07, 6.45) is 6.93. The fourth-order valence-corrected chi connectivity index (χ4v) is 5.15. The summed E-state index contributed by atoms with van der Waals surface area (Å²) >= 11 is 0. The smallest absolute Gasteiger partial charge is 0.321 e. The lowest BCUT2D eigenvalue weighted by molar-refractivity contribution is 0.122. The third kappa shape index (κ3) is 5.36. The summed E-state index contributed by atoms with van der Waals surface area (Å²) in [5.41, 5.74) is 6.18. The lowest BCUT2D eigenvalue weighted by atomic mass is 9.43. The standard InChI is InChI=1S/C27H32BN5O2/c1-20-6-7-23(30-27(34)33-9-2-3-10-33)17-24(20)22-15-25(21-5-4-8-28(18-21)19-29)31-26(16-22)32-11-13-35-14-12-32/h5-7,15-17H,2-4,8-14,18H2,1H3,(H,30,34). The summed E-state index contributed by atoms with van der Waals surface area (Å²) in [5.74, 6) is 3.38. The fourth-order valence-electron chi connectivity index (χ4n) is 5.15. The highest BCUT2D eigenvalue weighted by Crippen LogP contribution is 2.34. The van der Waals surface area contributed by atoms with Gasteiger partial charge in [-0.2, -0.15) is 0 Å². The highest BCUT2D eigenvalue weighted by atomic mass is 16.5. The number of benzene rings is 1. The number of aryl methyl sites for hydroxylation is 1. The molecule has 4 heterocycles. The number of amides is 2. The van der Waals surface area contributed by atoms with Gasteiger partial charge in [0.05, 0.1) is 18.9 Å². The third-order valence-electron chi connectivity index (χ3n) is 7.22. The Morgan fingerprint density at radius 2 is 1.94 bits per heavy atom. The van der Waals surface area contributed by atoms with Crippen LogP contribution in [0, 0.1) is 18.2 Å². The van der Waals surface area contributed by atoms with Gasteiger partial charge in [0.1, 0.15) is 5.82 Å². The highest BCUT2D eigenvalue weighted by Gasteiger charge is 2.23. The Bertz CT molecular complexity index is 1160. The SMILES string of the molecule is Cc1ccc(NC(=O)N2CCCC2)cc1-c1cc(C2=CCCB(C#N)C2)nc(N2CCOCC2)c1. The lowest BCUT2D eigenvalue weighted by Gasteiger charge is -2.29. The molecular weight excluding hydrogens is 437 g/mol. The maximum absolute atomic E-state index is 12.7. The molecule has 0 atom stereocenters. The van der Waals surface area contributed by atoms with Gasteiger partial charge in [0, 0.05) is 37.8 Å². The summed E-state index contributed by atoms with van der Waals surface area (Å²) in [6, 6.07) is 10.4. The molecule has 1 aromatic carbocycles. The quantitative estimate of drug-likeness (QED) is 0.647. The Balaban J connectivity index is 1.51. The van der Waals surface area contributed by atoms with Crippen LogP contribution in [0.4, 0.5) is 16.3 Å². The molecule has 1 aromatic heterocycles. The van der Waals surface area contributed by atoms with Crippen LogP contribution in [0.2, 0.25) is 12.6 Å². The number of nitrogens with zero attached hydrogens (tertiary/aromatic N) is 4.